The number of carbonyl (C=O) groups is 2. The van der Waals surface area contributed by atoms with Crippen molar-refractivity contribution in [3.05, 3.63) is 63.3 Å². The summed E-state index contributed by atoms with van der Waals surface area (Å²) in [7, 11) is 0. The molecule has 0 saturated heterocycles. The van der Waals surface area contributed by atoms with Gasteiger partial charge in [0, 0.05) is 22.0 Å². The molecule has 8 heteroatoms. The second-order valence-corrected chi connectivity index (χ2v) is 8.80. The van der Waals surface area contributed by atoms with Crippen LogP contribution in [0.5, 0.6) is 0 Å². The average molecular weight is 427 g/mol. The van der Waals surface area contributed by atoms with E-state index in [2.05, 4.69) is 14.9 Å². The molecule has 1 fully saturated rings. The zero-order chi connectivity index (χ0) is 20.2. The normalized spacial score (nSPS) is 15.2. The van der Waals surface area contributed by atoms with Crippen molar-refractivity contribution < 1.29 is 9.59 Å². The summed E-state index contributed by atoms with van der Waals surface area (Å²) in [6.45, 7) is 1.97. The molecule has 6 nitrogen and oxygen atoms in total. The highest BCUT2D eigenvalue weighted by atomic mass is 32.1. The Morgan fingerprint density at radius 3 is 2.69 bits per heavy atom. The maximum atomic E-state index is 13.5. The summed E-state index contributed by atoms with van der Waals surface area (Å²) in [6, 6.07) is 10.8. The zero-order valence-corrected chi connectivity index (χ0v) is 17.7. The van der Waals surface area contributed by atoms with Gasteiger partial charge in [-0.25, -0.2) is 0 Å². The lowest BCUT2D eigenvalue weighted by Gasteiger charge is -2.31. The van der Waals surface area contributed by atoms with Crippen LogP contribution in [0, 0.1) is 6.92 Å². The van der Waals surface area contributed by atoms with Crippen molar-refractivity contribution in [3.63, 3.8) is 0 Å². The fourth-order valence-corrected chi connectivity index (χ4v) is 4.96. The largest absolute Gasteiger partial charge is 0.351 e. The van der Waals surface area contributed by atoms with Crippen molar-refractivity contribution in [2.45, 2.75) is 44.7 Å². The average Bonchev–Trinajstić information content (AvgIpc) is 3.49. The van der Waals surface area contributed by atoms with Crippen LogP contribution in [0.4, 0.5) is 5.69 Å². The summed E-state index contributed by atoms with van der Waals surface area (Å²) >= 11 is 2.59. The Balaban J connectivity index is 1.77. The lowest BCUT2D eigenvalue weighted by atomic mass is 10.1. The summed E-state index contributed by atoms with van der Waals surface area (Å²) in [5.74, 6) is -0.485. The standard InChI is InChI=1S/C21H22N4O2S2/c1-14-6-4-9-16(12-14)25(21(27)17-13-29-24-23-17)19(18-10-5-11-28-18)20(26)22-15-7-2-3-8-15/h4-6,9-13,15,19H,2-3,7-8H2,1H3,(H,22,26)/t19-/m1/s1. The van der Waals surface area contributed by atoms with Gasteiger partial charge >= 0.3 is 0 Å². The first-order chi connectivity index (χ1) is 14.1. The van der Waals surface area contributed by atoms with Crippen molar-refractivity contribution in [3.8, 4) is 0 Å². The Kier molecular flexibility index (Phi) is 6.01. The molecule has 0 aliphatic heterocycles. The molecule has 1 N–H and O–H groups in total. The van der Waals surface area contributed by atoms with E-state index in [1.165, 1.54) is 11.3 Å². The van der Waals surface area contributed by atoms with Crippen LogP contribution in [0.1, 0.15) is 52.7 Å². The van der Waals surface area contributed by atoms with Gasteiger partial charge in [0.25, 0.3) is 5.91 Å². The van der Waals surface area contributed by atoms with E-state index in [0.717, 1.165) is 47.7 Å². The van der Waals surface area contributed by atoms with Crippen molar-refractivity contribution in [2.24, 2.45) is 0 Å². The molecule has 1 aliphatic rings. The highest BCUT2D eigenvalue weighted by Crippen LogP contribution is 2.33. The Hall–Kier alpha value is -2.58. The summed E-state index contributed by atoms with van der Waals surface area (Å²) < 4.78 is 3.83. The number of nitrogens with one attached hydrogen (secondary N) is 1. The molecule has 1 atom stereocenters. The van der Waals surface area contributed by atoms with E-state index in [1.807, 2.05) is 48.7 Å². The van der Waals surface area contributed by atoms with Gasteiger partial charge in [-0.3, -0.25) is 14.5 Å². The van der Waals surface area contributed by atoms with Gasteiger partial charge in [-0.2, -0.15) is 0 Å². The molecule has 2 heterocycles. The van der Waals surface area contributed by atoms with Crippen LogP contribution in [-0.2, 0) is 4.79 Å². The van der Waals surface area contributed by atoms with Crippen molar-refractivity contribution >= 4 is 40.4 Å². The topological polar surface area (TPSA) is 75.2 Å². The first kappa shape index (κ1) is 19.7. The molecule has 1 aromatic carbocycles. The van der Waals surface area contributed by atoms with E-state index >= 15 is 0 Å². The molecular weight excluding hydrogens is 404 g/mol. The minimum Gasteiger partial charge on any atom is -0.351 e. The third-order valence-corrected chi connectivity index (χ3v) is 6.53. The first-order valence-corrected chi connectivity index (χ1v) is 11.4. The molecule has 1 aliphatic carbocycles. The van der Waals surface area contributed by atoms with E-state index in [9.17, 15) is 9.59 Å². The van der Waals surface area contributed by atoms with Crippen molar-refractivity contribution in [1.82, 2.24) is 14.9 Å². The number of amides is 2. The molecule has 0 spiro atoms. The van der Waals surface area contributed by atoms with Gasteiger partial charge in [0.1, 0.15) is 0 Å². The van der Waals surface area contributed by atoms with Crippen LogP contribution in [0.3, 0.4) is 0 Å². The van der Waals surface area contributed by atoms with Crippen LogP contribution in [0.15, 0.2) is 47.2 Å². The molecule has 4 rings (SSSR count). The minimum atomic E-state index is -0.758. The number of thiophene rings is 1. The molecule has 0 bridgehead atoms. The molecular formula is C21H22N4O2S2. The lowest BCUT2D eigenvalue weighted by molar-refractivity contribution is -0.123. The number of aromatic nitrogens is 2. The van der Waals surface area contributed by atoms with E-state index in [0.29, 0.717) is 5.69 Å². The Morgan fingerprint density at radius 1 is 1.21 bits per heavy atom. The lowest BCUT2D eigenvalue weighted by Crippen LogP contribution is -2.46. The third-order valence-electron chi connectivity index (χ3n) is 5.10. The van der Waals surface area contributed by atoms with Gasteiger partial charge in [0.15, 0.2) is 11.7 Å². The van der Waals surface area contributed by atoms with Gasteiger partial charge in [-0.05, 0) is 60.4 Å². The van der Waals surface area contributed by atoms with E-state index in [4.69, 9.17) is 0 Å². The van der Waals surface area contributed by atoms with E-state index in [-0.39, 0.29) is 23.6 Å². The highest BCUT2D eigenvalue weighted by molar-refractivity contribution is 7.10. The maximum absolute atomic E-state index is 13.5. The summed E-state index contributed by atoms with van der Waals surface area (Å²) in [6.07, 6.45) is 4.22. The first-order valence-electron chi connectivity index (χ1n) is 9.64. The van der Waals surface area contributed by atoms with Gasteiger partial charge in [-0.1, -0.05) is 35.5 Å². The number of nitrogens with zero attached hydrogens (tertiary/aromatic N) is 3. The monoisotopic (exact) mass is 426 g/mol. The Labute approximate surface area is 177 Å². The highest BCUT2D eigenvalue weighted by Gasteiger charge is 2.36. The van der Waals surface area contributed by atoms with Gasteiger partial charge in [0.2, 0.25) is 5.91 Å². The number of aryl methyl sites for hydroxylation is 1. The Morgan fingerprint density at radius 2 is 2.03 bits per heavy atom. The van der Waals surface area contributed by atoms with Crippen molar-refractivity contribution in [2.75, 3.05) is 4.90 Å². The summed E-state index contributed by atoms with van der Waals surface area (Å²) in [5, 5.41) is 10.7. The quantitative estimate of drug-likeness (QED) is 0.636. The van der Waals surface area contributed by atoms with Crippen LogP contribution >= 0.6 is 22.9 Å². The third kappa shape index (κ3) is 4.38. The molecule has 1 saturated carbocycles. The molecule has 2 aromatic heterocycles. The predicted molar refractivity (Wildman–Crippen MR) is 115 cm³/mol. The zero-order valence-electron chi connectivity index (χ0n) is 16.1. The van der Waals surface area contributed by atoms with E-state index in [1.54, 1.807) is 10.3 Å². The molecule has 0 unspecified atom stereocenters. The fourth-order valence-electron chi connectivity index (χ4n) is 3.71. The summed E-state index contributed by atoms with van der Waals surface area (Å²) in [5.41, 5.74) is 1.92. The van der Waals surface area contributed by atoms with Crippen LogP contribution < -0.4 is 10.2 Å². The molecule has 2 amide bonds. The number of carbonyl (C=O) groups excluding carboxylic acids is 2. The molecule has 29 heavy (non-hydrogen) atoms. The fraction of sp³-hybridized carbons (Fsp3) is 0.333. The second kappa shape index (κ2) is 8.84. The van der Waals surface area contributed by atoms with Gasteiger partial charge in [-0.15, -0.1) is 16.4 Å². The van der Waals surface area contributed by atoms with Gasteiger partial charge < -0.3 is 5.32 Å². The van der Waals surface area contributed by atoms with Crippen LogP contribution in [0.25, 0.3) is 0 Å². The number of benzene rings is 1. The van der Waals surface area contributed by atoms with Crippen LogP contribution in [0.2, 0.25) is 0 Å². The molecule has 0 radical (unpaired) electrons. The maximum Gasteiger partial charge on any atom is 0.280 e. The SMILES string of the molecule is Cc1cccc(N(C(=O)c2csnn2)[C@@H](C(=O)NC2CCCC2)c2cccs2)c1. The Bertz CT molecular complexity index is 967. The molecule has 3 aromatic rings. The number of anilines is 1. The van der Waals surface area contributed by atoms with Gasteiger partial charge in [0.05, 0.1) is 0 Å². The second-order valence-electron chi connectivity index (χ2n) is 7.21. The van der Waals surface area contributed by atoms with Crippen molar-refractivity contribution in [1.29, 1.82) is 0 Å². The smallest absolute Gasteiger partial charge is 0.280 e. The summed E-state index contributed by atoms with van der Waals surface area (Å²) in [4.78, 5) is 29.3. The minimum absolute atomic E-state index is 0.155. The van der Waals surface area contributed by atoms with E-state index < -0.39 is 6.04 Å². The number of hydrogen-bond acceptors (Lipinski definition) is 6. The number of hydrogen-bond donors (Lipinski definition) is 1. The molecule has 150 valence electrons. The number of rotatable bonds is 6. The predicted octanol–water partition coefficient (Wildman–Crippen LogP) is 4.35. The van der Waals surface area contributed by atoms with Crippen LogP contribution in [-0.4, -0.2) is 27.4 Å².